The standard InChI is InChI=1S/C21H19NO6/c1-22-14-7-5-4-6-13(14)19(24)18(21(22)26)15(23)9-8-12-10-16(27-2)20(25)17(11-12)28-3/h4-11,24-25H,1-3H3. The van der Waals surface area contributed by atoms with Crippen LogP contribution in [-0.4, -0.2) is 34.8 Å². The fourth-order valence-corrected chi connectivity index (χ4v) is 2.97. The number of fused-ring (bicyclic) bond motifs is 1. The molecule has 0 saturated heterocycles. The molecule has 0 atom stereocenters. The third-order valence-corrected chi connectivity index (χ3v) is 4.45. The molecule has 28 heavy (non-hydrogen) atoms. The van der Waals surface area contributed by atoms with E-state index in [1.807, 2.05) is 0 Å². The highest BCUT2D eigenvalue weighted by Gasteiger charge is 2.19. The zero-order valence-corrected chi connectivity index (χ0v) is 15.6. The van der Waals surface area contributed by atoms with Crippen LogP contribution in [0.1, 0.15) is 15.9 Å². The van der Waals surface area contributed by atoms with Crippen molar-refractivity contribution in [1.29, 1.82) is 0 Å². The number of carbonyl (C=O) groups is 1. The van der Waals surface area contributed by atoms with Gasteiger partial charge in [-0.3, -0.25) is 9.59 Å². The number of ketones is 1. The largest absolute Gasteiger partial charge is 0.506 e. The number of hydrogen-bond donors (Lipinski definition) is 2. The normalized spacial score (nSPS) is 11.1. The molecule has 0 unspecified atom stereocenters. The molecule has 3 rings (SSSR count). The van der Waals surface area contributed by atoms with Gasteiger partial charge in [0.05, 0.1) is 19.7 Å². The van der Waals surface area contributed by atoms with Crippen molar-refractivity contribution in [1.82, 2.24) is 4.57 Å². The minimum atomic E-state index is -0.644. The van der Waals surface area contributed by atoms with Gasteiger partial charge in [-0.05, 0) is 35.9 Å². The number of pyridine rings is 1. The first-order valence-corrected chi connectivity index (χ1v) is 8.37. The van der Waals surface area contributed by atoms with Gasteiger partial charge in [-0.1, -0.05) is 18.2 Å². The van der Waals surface area contributed by atoms with Crippen molar-refractivity contribution in [2.75, 3.05) is 14.2 Å². The zero-order valence-electron chi connectivity index (χ0n) is 15.6. The van der Waals surface area contributed by atoms with Crippen LogP contribution in [-0.2, 0) is 7.05 Å². The molecule has 0 spiro atoms. The molecule has 0 bridgehead atoms. The van der Waals surface area contributed by atoms with Crippen molar-refractivity contribution < 1.29 is 24.5 Å². The van der Waals surface area contributed by atoms with E-state index in [1.54, 1.807) is 31.3 Å². The second-order valence-corrected chi connectivity index (χ2v) is 6.08. The monoisotopic (exact) mass is 381 g/mol. The second kappa shape index (κ2) is 7.48. The third-order valence-electron chi connectivity index (χ3n) is 4.45. The summed E-state index contributed by atoms with van der Waals surface area (Å²) in [5.41, 5.74) is 0.136. The van der Waals surface area contributed by atoms with Gasteiger partial charge in [0.2, 0.25) is 5.75 Å². The van der Waals surface area contributed by atoms with Crippen LogP contribution in [0, 0.1) is 0 Å². The molecule has 0 aliphatic rings. The molecule has 0 aliphatic carbocycles. The van der Waals surface area contributed by atoms with Crippen molar-refractivity contribution in [2.45, 2.75) is 0 Å². The van der Waals surface area contributed by atoms with Gasteiger partial charge in [-0.15, -0.1) is 0 Å². The van der Waals surface area contributed by atoms with E-state index in [0.717, 1.165) is 0 Å². The average Bonchev–Trinajstić information content (AvgIpc) is 2.71. The predicted molar refractivity (Wildman–Crippen MR) is 105 cm³/mol. The molecule has 144 valence electrons. The number of phenols is 1. The van der Waals surface area contributed by atoms with Gasteiger partial charge in [0, 0.05) is 12.4 Å². The van der Waals surface area contributed by atoms with Gasteiger partial charge in [0.25, 0.3) is 5.56 Å². The average molecular weight is 381 g/mol. The number of methoxy groups -OCH3 is 2. The highest BCUT2D eigenvalue weighted by molar-refractivity contribution is 6.11. The van der Waals surface area contributed by atoms with E-state index in [1.165, 1.54) is 43.1 Å². The number of ether oxygens (including phenoxy) is 2. The van der Waals surface area contributed by atoms with Crippen LogP contribution in [0.3, 0.4) is 0 Å². The Bertz CT molecular complexity index is 1130. The molecule has 1 heterocycles. The summed E-state index contributed by atoms with van der Waals surface area (Å²) >= 11 is 0. The smallest absolute Gasteiger partial charge is 0.265 e. The fourth-order valence-electron chi connectivity index (χ4n) is 2.97. The first-order chi connectivity index (χ1) is 13.4. The number of rotatable bonds is 5. The van der Waals surface area contributed by atoms with Gasteiger partial charge < -0.3 is 24.3 Å². The van der Waals surface area contributed by atoms with E-state index in [9.17, 15) is 19.8 Å². The van der Waals surface area contributed by atoms with E-state index in [4.69, 9.17) is 9.47 Å². The molecule has 7 nitrogen and oxygen atoms in total. The van der Waals surface area contributed by atoms with Gasteiger partial charge in [-0.25, -0.2) is 0 Å². The fraction of sp³-hybridized carbons (Fsp3) is 0.143. The lowest BCUT2D eigenvalue weighted by Crippen LogP contribution is -2.24. The third kappa shape index (κ3) is 3.18. The van der Waals surface area contributed by atoms with Crippen LogP contribution < -0.4 is 15.0 Å². The number of para-hydroxylation sites is 1. The molecule has 0 saturated carbocycles. The Labute approximate surface area is 160 Å². The van der Waals surface area contributed by atoms with Crippen molar-refractivity contribution in [3.8, 4) is 23.0 Å². The number of phenolic OH excluding ortho intramolecular Hbond substituents is 1. The molecule has 0 radical (unpaired) electrons. The number of aromatic hydroxyl groups is 2. The summed E-state index contributed by atoms with van der Waals surface area (Å²) in [7, 11) is 4.33. The topological polar surface area (TPSA) is 98.0 Å². The minimum absolute atomic E-state index is 0.158. The summed E-state index contributed by atoms with van der Waals surface area (Å²) in [6, 6.07) is 9.82. The summed E-state index contributed by atoms with van der Waals surface area (Å²) in [6.07, 6.45) is 2.62. The van der Waals surface area contributed by atoms with E-state index in [-0.39, 0.29) is 28.6 Å². The lowest BCUT2D eigenvalue weighted by molar-refractivity contribution is 0.104. The summed E-state index contributed by atoms with van der Waals surface area (Å²) in [5, 5.41) is 20.8. The van der Waals surface area contributed by atoms with Crippen LogP contribution in [0.15, 0.2) is 47.3 Å². The summed E-state index contributed by atoms with van der Waals surface area (Å²) in [5.74, 6) is -0.801. The lowest BCUT2D eigenvalue weighted by atomic mass is 10.1. The number of aromatic nitrogens is 1. The van der Waals surface area contributed by atoms with Crippen LogP contribution >= 0.6 is 0 Å². The predicted octanol–water partition coefficient (Wildman–Crippen LogP) is 2.86. The summed E-state index contributed by atoms with van der Waals surface area (Å²) in [6.45, 7) is 0. The lowest BCUT2D eigenvalue weighted by Gasteiger charge is -2.10. The van der Waals surface area contributed by atoms with Gasteiger partial charge >= 0.3 is 0 Å². The second-order valence-electron chi connectivity index (χ2n) is 6.08. The maximum atomic E-state index is 12.7. The van der Waals surface area contributed by atoms with Crippen molar-refractivity contribution >= 4 is 22.8 Å². The summed E-state index contributed by atoms with van der Waals surface area (Å²) < 4.78 is 11.5. The molecule has 7 heteroatoms. The van der Waals surface area contributed by atoms with E-state index < -0.39 is 11.3 Å². The first-order valence-electron chi connectivity index (χ1n) is 8.37. The quantitative estimate of drug-likeness (QED) is 0.521. The van der Waals surface area contributed by atoms with Crippen LogP contribution in [0.25, 0.3) is 17.0 Å². The Morgan fingerprint density at radius 3 is 2.25 bits per heavy atom. The maximum absolute atomic E-state index is 12.7. The number of nitrogens with zero attached hydrogens (tertiary/aromatic N) is 1. The van der Waals surface area contributed by atoms with Crippen LogP contribution in [0.2, 0.25) is 0 Å². The SMILES string of the molecule is COc1cc(C=CC(=O)c2c(O)c3ccccc3n(C)c2=O)cc(OC)c1O. The number of aryl methyl sites for hydroxylation is 1. The minimum Gasteiger partial charge on any atom is -0.506 e. The molecule has 0 amide bonds. The molecule has 3 aromatic rings. The Balaban J connectivity index is 2.06. The van der Waals surface area contributed by atoms with Crippen molar-refractivity contribution in [3.63, 3.8) is 0 Å². The zero-order chi connectivity index (χ0) is 20.4. The molecular formula is C21H19NO6. The number of carbonyl (C=O) groups excluding carboxylic acids is 1. The Kier molecular flexibility index (Phi) is 5.08. The Hall–Kier alpha value is -3.74. The highest BCUT2D eigenvalue weighted by Crippen LogP contribution is 2.37. The van der Waals surface area contributed by atoms with Gasteiger partial charge in [0.1, 0.15) is 11.3 Å². The van der Waals surface area contributed by atoms with Crippen LogP contribution in [0.4, 0.5) is 0 Å². The summed E-state index contributed by atoms with van der Waals surface area (Å²) in [4.78, 5) is 25.2. The van der Waals surface area contributed by atoms with E-state index >= 15 is 0 Å². The molecule has 0 aliphatic heterocycles. The molecule has 1 aromatic heterocycles. The van der Waals surface area contributed by atoms with Crippen LogP contribution in [0.5, 0.6) is 23.0 Å². The highest BCUT2D eigenvalue weighted by atomic mass is 16.5. The Morgan fingerprint density at radius 1 is 1.04 bits per heavy atom. The number of benzene rings is 2. The van der Waals surface area contributed by atoms with Gasteiger partial charge in [-0.2, -0.15) is 0 Å². The van der Waals surface area contributed by atoms with E-state index in [0.29, 0.717) is 16.5 Å². The molecule has 2 aromatic carbocycles. The number of allylic oxidation sites excluding steroid dienone is 1. The first kappa shape index (κ1) is 19.0. The van der Waals surface area contributed by atoms with Crippen molar-refractivity contribution in [2.24, 2.45) is 7.05 Å². The molecular weight excluding hydrogens is 362 g/mol. The molecule has 2 N–H and O–H groups in total. The van der Waals surface area contributed by atoms with Crippen molar-refractivity contribution in [3.05, 3.63) is 64.0 Å². The van der Waals surface area contributed by atoms with E-state index in [2.05, 4.69) is 0 Å². The molecule has 0 fully saturated rings. The Morgan fingerprint density at radius 2 is 1.64 bits per heavy atom. The number of hydrogen-bond acceptors (Lipinski definition) is 6. The van der Waals surface area contributed by atoms with Gasteiger partial charge in [0.15, 0.2) is 17.3 Å². The maximum Gasteiger partial charge on any atom is 0.265 e.